The van der Waals surface area contributed by atoms with Gasteiger partial charge in [-0.15, -0.1) is 11.3 Å². The molecule has 1 aromatic heterocycles. The van der Waals surface area contributed by atoms with E-state index in [1.807, 2.05) is 43.3 Å². The molecule has 0 radical (unpaired) electrons. The molecule has 5 rings (SSSR count). The summed E-state index contributed by atoms with van der Waals surface area (Å²) in [6, 6.07) is 15.9. The van der Waals surface area contributed by atoms with Crippen molar-refractivity contribution in [3.05, 3.63) is 64.7 Å². The minimum Gasteiger partial charge on any atom is -0.494 e. The second-order valence-corrected chi connectivity index (χ2v) is 12.6. The van der Waals surface area contributed by atoms with E-state index in [2.05, 4.69) is 11.8 Å². The summed E-state index contributed by atoms with van der Waals surface area (Å²) in [7, 11) is -3.51. The molecule has 0 N–H and O–H groups in total. The highest BCUT2D eigenvalue weighted by molar-refractivity contribution is 7.89. The molecule has 3 aromatic rings. The van der Waals surface area contributed by atoms with Crippen LogP contribution in [-0.4, -0.2) is 54.9 Å². The Morgan fingerprint density at radius 3 is 2.57 bits per heavy atom. The molecule has 0 aliphatic carbocycles. The summed E-state index contributed by atoms with van der Waals surface area (Å²) < 4.78 is 33.8. The number of hydrogen-bond donors (Lipinski definition) is 0. The smallest absolute Gasteiger partial charge is 0.243 e. The Morgan fingerprint density at radius 2 is 1.86 bits per heavy atom. The molecule has 1 unspecified atom stereocenters. The Hall–Kier alpha value is -2.26. The van der Waals surface area contributed by atoms with Crippen molar-refractivity contribution < 1.29 is 13.2 Å². The zero-order valence-electron chi connectivity index (χ0n) is 20.4. The van der Waals surface area contributed by atoms with E-state index in [0.717, 1.165) is 52.0 Å². The number of sulfonamides is 1. The molecule has 0 spiro atoms. The summed E-state index contributed by atoms with van der Waals surface area (Å²) >= 11 is 1.58. The van der Waals surface area contributed by atoms with Gasteiger partial charge in [0.05, 0.1) is 23.7 Å². The van der Waals surface area contributed by atoms with Crippen LogP contribution in [0.2, 0.25) is 0 Å². The molecule has 2 aliphatic heterocycles. The van der Waals surface area contributed by atoms with Crippen LogP contribution in [0.4, 0.5) is 0 Å². The fourth-order valence-electron chi connectivity index (χ4n) is 4.84. The molecule has 2 aromatic carbocycles. The van der Waals surface area contributed by atoms with Crippen LogP contribution >= 0.6 is 11.3 Å². The molecular weight excluding hydrogens is 478 g/mol. The molecule has 8 heteroatoms. The monoisotopic (exact) mass is 511 g/mol. The van der Waals surface area contributed by atoms with Crippen molar-refractivity contribution in [1.82, 2.24) is 14.2 Å². The third-order valence-electron chi connectivity index (χ3n) is 7.01. The predicted molar refractivity (Wildman–Crippen MR) is 140 cm³/mol. The summed E-state index contributed by atoms with van der Waals surface area (Å²) in [5.74, 6) is 0.875. The van der Waals surface area contributed by atoms with E-state index in [1.165, 1.54) is 19.4 Å². The van der Waals surface area contributed by atoms with Crippen LogP contribution in [-0.2, 0) is 23.0 Å². The van der Waals surface area contributed by atoms with Crippen molar-refractivity contribution >= 4 is 21.4 Å². The van der Waals surface area contributed by atoms with Gasteiger partial charge in [-0.05, 0) is 76.1 Å². The molecular formula is C27H33N3O3S2. The molecule has 0 bridgehead atoms. The third kappa shape index (κ3) is 5.45. The average Bonchev–Trinajstić information content (AvgIpc) is 3.48. The van der Waals surface area contributed by atoms with Crippen molar-refractivity contribution in [3.63, 3.8) is 0 Å². The lowest BCUT2D eigenvalue weighted by Gasteiger charge is -2.25. The number of thiazole rings is 1. The topological polar surface area (TPSA) is 62.7 Å². The van der Waals surface area contributed by atoms with Crippen molar-refractivity contribution in [2.75, 3.05) is 26.2 Å². The fraction of sp³-hybridized carbons (Fsp3) is 0.444. The maximum absolute atomic E-state index is 13.1. The molecule has 0 saturated carbocycles. The van der Waals surface area contributed by atoms with Gasteiger partial charge in [-0.3, -0.25) is 0 Å². The number of likely N-dealkylation sites (tertiary alicyclic amines) is 1. The Balaban J connectivity index is 1.19. The standard InChI is InChI=1S/C27H33N3O3S2/c1-20-6-12-24(13-7-20)35(31,32)30-17-14-25-26(19-30)34-27(28-25)22-8-10-23(11-9-22)33-18-4-16-29-15-3-5-21(29)2/h6-13,21H,3-5,14-19H2,1-2H3. The zero-order chi connectivity index (χ0) is 24.4. The molecule has 1 saturated heterocycles. The van der Waals surface area contributed by atoms with Gasteiger partial charge in [0.15, 0.2) is 0 Å². The van der Waals surface area contributed by atoms with Crippen LogP contribution in [0.15, 0.2) is 53.4 Å². The number of fused-ring (bicyclic) bond motifs is 1. The van der Waals surface area contributed by atoms with Gasteiger partial charge in [0.2, 0.25) is 10.0 Å². The third-order valence-corrected chi connectivity index (χ3v) is 10.00. The van der Waals surface area contributed by atoms with Crippen molar-refractivity contribution in [1.29, 1.82) is 0 Å². The Labute approximate surface area is 212 Å². The number of hydrogen-bond acceptors (Lipinski definition) is 6. The Morgan fingerprint density at radius 1 is 1.09 bits per heavy atom. The van der Waals surface area contributed by atoms with E-state index >= 15 is 0 Å². The van der Waals surface area contributed by atoms with Crippen LogP contribution in [0.5, 0.6) is 5.75 Å². The van der Waals surface area contributed by atoms with Gasteiger partial charge in [-0.1, -0.05) is 17.7 Å². The van der Waals surface area contributed by atoms with E-state index in [4.69, 9.17) is 9.72 Å². The van der Waals surface area contributed by atoms with Gasteiger partial charge in [-0.2, -0.15) is 4.31 Å². The van der Waals surface area contributed by atoms with Crippen LogP contribution in [0.3, 0.4) is 0 Å². The lowest BCUT2D eigenvalue weighted by atomic mass is 10.2. The SMILES string of the molecule is Cc1ccc(S(=O)(=O)N2CCc3nc(-c4ccc(OCCCN5CCCC5C)cc4)sc3C2)cc1. The number of aromatic nitrogens is 1. The molecule has 2 aliphatic rings. The molecule has 186 valence electrons. The van der Waals surface area contributed by atoms with Gasteiger partial charge >= 0.3 is 0 Å². The quantitative estimate of drug-likeness (QED) is 0.393. The summed E-state index contributed by atoms with van der Waals surface area (Å²) in [4.78, 5) is 8.75. The largest absolute Gasteiger partial charge is 0.494 e. The molecule has 3 heterocycles. The summed E-state index contributed by atoms with van der Waals surface area (Å²) in [6.07, 6.45) is 4.29. The number of rotatable bonds is 8. The van der Waals surface area contributed by atoms with E-state index in [9.17, 15) is 8.42 Å². The van der Waals surface area contributed by atoms with E-state index in [-0.39, 0.29) is 0 Å². The first kappa shape index (κ1) is 24.4. The first-order valence-corrected chi connectivity index (χ1v) is 14.7. The Kier molecular flexibility index (Phi) is 7.25. The maximum Gasteiger partial charge on any atom is 0.243 e. The number of aryl methyl sites for hydroxylation is 1. The van der Waals surface area contributed by atoms with Gasteiger partial charge in [-0.25, -0.2) is 13.4 Å². The average molecular weight is 512 g/mol. The molecule has 35 heavy (non-hydrogen) atoms. The van der Waals surface area contributed by atoms with Gasteiger partial charge < -0.3 is 9.64 Å². The van der Waals surface area contributed by atoms with E-state index < -0.39 is 10.0 Å². The van der Waals surface area contributed by atoms with Gasteiger partial charge in [0.1, 0.15) is 10.8 Å². The molecule has 0 amide bonds. The van der Waals surface area contributed by atoms with Gasteiger partial charge in [0, 0.05) is 36.0 Å². The zero-order valence-corrected chi connectivity index (χ0v) is 22.1. The first-order valence-electron chi connectivity index (χ1n) is 12.4. The van der Waals surface area contributed by atoms with Crippen LogP contribution in [0, 0.1) is 6.92 Å². The van der Waals surface area contributed by atoms with Crippen LogP contribution in [0.1, 0.15) is 42.3 Å². The lowest BCUT2D eigenvalue weighted by Crippen LogP contribution is -2.35. The first-order chi connectivity index (χ1) is 16.9. The highest BCUT2D eigenvalue weighted by atomic mass is 32.2. The summed E-state index contributed by atoms with van der Waals surface area (Å²) in [5, 5.41) is 0.930. The highest BCUT2D eigenvalue weighted by Crippen LogP contribution is 2.34. The Bertz CT molecular complexity index is 1250. The van der Waals surface area contributed by atoms with E-state index in [0.29, 0.717) is 30.4 Å². The number of benzene rings is 2. The minimum atomic E-state index is -3.51. The van der Waals surface area contributed by atoms with Crippen molar-refractivity contribution in [3.8, 4) is 16.3 Å². The lowest BCUT2D eigenvalue weighted by molar-refractivity contribution is 0.230. The summed E-state index contributed by atoms with van der Waals surface area (Å²) in [5.41, 5.74) is 3.09. The number of nitrogens with zero attached hydrogens (tertiary/aromatic N) is 3. The van der Waals surface area contributed by atoms with Crippen molar-refractivity contribution in [2.24, 2.45) is 0 Å². The maximum atomic E-state index is 13.1. The van der Waals surface area contributed by atoms with Crippen molar-refractivity contribution in [2.45, 2.75) is 57.0 Å². The normalized spacial score (nSPS) is 19.1. The second kappa shape index (κ2) is 10.4. The van der Waals surface area contributed by atoms with Gasteiger partial charge in [0.25, 0.3) is 0 Å². The predicted octanol–water partition coefficient (Wildman–Crippen LogP) is 5.12. The minimum absolute atomic E-state index is 0.349. The fourth-order valence-corrected chi connectivity index (χ4v) is 7.46. The number of ether oxygens (including phenoxy) is 1. The molecule has 1 fully saturated rings. The molecule has 1 atom stereocenters. The summed E-state index contributed by atoms with van der Waals surface area (Å²) in [6.45, 7) is 8.12. The molecule has 6 nitrogen and oxygen atoms in total. The highest BCUT2D eigenvalue weighted by Gasteiger charge is 2.30. The van der Waals surface area contributed by atoms with Crippen LogP contribution in [0.25, 0.3) is 10.6 Å². The van der Waals surface area contributed by atoms with Crippen LogP contribution < -0.4 is 4.74 Å². The second-order valence-electron chi connectivity index (χ2n) is 9.54. The van der Waals surface area contributed by atoms with E-state index in [1.54, 1.807) is 27.8 Å².